The molecule has 0 radical (unpaired) electrons. The summed E-state index contributed by atoms with van der Waals surface area (Å²) >= 11 is 0. The summed E-state index contributed by atoms with van der Waals surface area (Å²) in [6.07, 6.45) is 4.27. The van der Waals surface area contributed by atoms with E-state index in [1.165, 1.54) is 25.8 Å². The van der Waals surface area contributed by atoms with Crippen LogP contribution in [-0.4, -0.2) is 31.1 Å². The van der Waals surface area contributed by atoms with Crippen LogP contribution in [0.25, 0.3) is 0 Å². The Labute approximate surface area is 81.5 Å². The fourth-order valence-electron chi connectivity index (χ4n) is 3.21. The normalized spacial score (nSPS) is 43.4. The van der Waals surface area contributed by atoms with Crippen LogP contribution in [0.4, 0.5) is 0 Å². The molecule has 0 heterocycles. The molecule has 2 nitrogen and oxygen atoms in total. The molecular weight excluding hydrogens is 160 g/mol. The first-order chi connectivity index (χ1) is 6.22. The van der Waals surface area contributed by atoms with E-state index in [2.05, 4.69) is 18.9 Å². The lowest BCUT2D eigenvalue weighted by Gasteiger charge is -2.31. The summed E-state index contributed by atoms with van der Waals surface area (Å²) in [5.74, 6) is 2.61. The summed E-state index contributed by atoms with van der Waals surface area (Å²) in [5.41, 5.74) is 6.24. The van der Waals surface area contributed by atoms with Gasteiger partial charge in [0.1, 0.15) is 0 Å². The van der Waals surface area contributed by atoms with E-state index in [0.29, 0.717) is 6.04 Å². The van der Waals surface area contributed by atoms with Crippen LogP contribution in [0.1, 0.15) is 26.2 Å². The van der Waals surface area contributed by atoms with Crippen LogP contribution in [0.15, 0.2) is 0 Å². The van der Waals surface area contributed by atoms with Crippen LogP contribution in [0.5, 0.6) is 0 Å². The van der Waals surface area contributed by atoms with Crippen LogP contribution in [-0.2, 0) is 0 Å². The highest BCUT2D eigenvalue weighted by atomic mass is 15.1. The minimum absolute atomic E-state index is 0.507. The first-order valence-corrected chi connectivity index (χ1v) is 5.66. The minimum atomic E-state index is 0.507. The molecule has 0 amide bonds. The van der Waals surface area contributed by atoms with Crippen molar-refractivity contribution in [2.24, 2.45) is 23.5 Å². The van der Waals surface area contributed by atoms with Crippen molar-refractivity contribution in [2.75, 3.05) is 20.1 Å². The molecule has 4 atom stereocenters. The van der Waals surface area contributed by atoms with Crippen LogP contribution >= 0.6 is 0 Å². The van der Waals surface area contributed by atoms with Gasteiger partial charge in [-0.2, -0.15) is 0 Å². The molecule has 2 N–H and O–H groups in total. The van der Waals surface area contributed by atoms with E-state index in [-0.39, 0.29) is 0 Å². The monoisotopic (exact) mass is 182 g/mol. The van der Waals surface area contributed by atoms with Gasteiger partial charge in [-0.15, -0.1) is 0 Å². The molecule has 2 fully saturated rings. The second kappa shape index (κ2) is 3.58. The topological polar surface area (TPSA) is 29.3 Å². The van der Waals surface area contributed by atoms with Crippen LogP contribution in [0.3, 0.4) is 0 Å². The summed E-state index contributed by atoms with van der Waals surface area (Å²) in [5, 5.41) is 0. The molecule has 76 valence electrons. The maximum Gasteiger partial charge on any atom is 0.0111 e. The highest BCUT2D eigenvalue weighted by molar-refractivity contribution is 4.99. The van der Waals surface area contributed by atoms with E-state index in [9.17, 15) is 0 Å². The molecule has 0 aromatic heterocycles. The van der Waals surface area contributed by atoms with Crippen molar-refractivity contribution in [3.63, 3.8) is 0 Å². The number of fused-ring (bicyclic) bond motifs is 2. The lowest BCUT2D eigenvalue weighted by molar-refractivity contribution is 0.204. The van der Waals surface area contributed by atoms with Gasteiger partial charge in [-0.25, -0.2) is 0 Å². The summed E-state index contributed by atoms with van der Waals surface area (Å²) in [6.45, 7) is 4.60. The van der Waals surface area contributed by atoms with Crippen molar-refractivity contribution in [1.29, 1.82) is 0 Å². The zero-order valence-corrected chi connectivity index (χ0v) is 8.87. The molecule has 0 aliphatic heterocycles. The van der Waals surface area contributed by atoms with Gasteiger partial charge in [0.2, 0.25) is 0 Å². The molecule has 2 saturated carbocycles. The van der Waals surface area contributed by atoms with Crippen LogP contribution in [0.2, 0.25) is 0 Å². The fraction of sp³-hybridized carbons (Fsp3) is 1.00. The average molecular weight is 182 g/mol. The predicted octanol–water partition coefficient (Wildman–Crippen LogP) is 1.31. The fourth-order valence-corrected chi connectivity index (χ4v) is 3.21. The van der Waals surface area contributed by atoms with E-state index in [1.54, 1.807) is 0 Å². The molecule has 2 heteroatoms. The highest BCUT2D eigenvalue weighted by Crippen LogP contribution is 2.47. The molecular formula is C11H22N2. The van der Waals surface area contributed by atoms with Crippen LogP contribution in [0, 0.1) is 17.8 Å². The zero-order chi connectivity index (χ0) is 9.42. The Morgan fingerprint density at radius 3 is 2.54 bits per heavy atom. The molecule has 0 spiro atoms. The smallest absolute Gasteiger partial charge is 0.0111 e. The van der Waals surface area contributed by atoms with E-state index >= 15 is 0 Å². The minimum Gasteiger partial charge on any atom is -0.327 e. The largest absolute Gasteiger partial charge is 0.327 e. The Kier molecular flexibility index (Phi) is 2.61. The van der Waals surface area contributed by atoms with Crippen molar-refractivity contribution in [2.45, 2.75) is 32.2 Å². The Hall–Kier alpha value is -0.0800. The first-order valence-electron chi connectivity index (χ1n) is 5.66. The molecule has 13 heavy (non-hydrogen) atoms. The third-order valence-corrected chi connectivity index (χ3v) is 4.22. The Morgan fingerprint density at radius 1 is 1.31 bits per heavy atom. The van der Waals surface area contributed by atoms with Gasteiger partial charge in [0.25, 0.3) is 0 Å². The summed E-state index contributed by atoms with van der Waals surface area (Å²) < 4.78 is 0. The number of hydrogen-bond donors (Lipinski definition) is 1. The number of rotatable bonds is 3. The average Bonchev–Trinajstić information content (AvgIpc) is 2.69. The highest BCUT2D eigenvalue weighted by Gasteiger charge is 2.45. The van der Waals surface area contributed by atoms with E-state index < -0.39 is 0 Å². The van der Waals surface area contributed by atoms with Crippen molar-refractivity contribution in [3.05, 3.63) is 0 Å². The summed E-state index contributed by atoms with van der Waals surface area (Å²) in [4.78, 5) is 2.41. The van der Waals surface area contributed by atoms with Crippen molar-refractivity contribution in [1.82, 2.24) is 4.90 Å². The van der Waals surface area contributed by atoms with Gasteiger partial charge in [0, 0.05) is 12.6 Å². The molecule has 2 aliphatic carbocycles. The lowest BCUT2D eigenvalue weighted by atomic mass is 9.84. The molecule has 0 aromatic carbocycles. The molecule has 0 saturated heterocycles. The molecule has 2 rings (SSSR count). The second-order valence-corrected chi connectivity index (χ2v) is 4.93. The van der Waals surface area contributed by atoms with Gasteiger partial charge >= 0.3 is 0 Å². The van der Waals surface area contributed by atoms with Crippen molar-refractivity contribution in [3.8, 4) is 0 Å². The lowest BCUT2D eigenvalue weighted by Crippen LogP contribution is -2.41. The SMILES string of the molecule is CCN(C)CC1C2CCC(C2)C1N. The molecule has 0 aromatic rings. The van der Waals surface area contributed by atoms with Crippen molar-refractivity contribution >= 4 is 0 Å². The van der Waals surface area contributed by atoms with Gasteiger partial charge in [-0.05, 0) is 50.6 Å². The van der Waals surface area contributed by atoms with Gasteiger partial charge in [-0.1, -0.05) is 6.92 Å². The Bertz CT molecular complexity index is 179. The maximum absolute atomic E-state index is 6.24. The Balaban J connectivity index is 1.92. The van der Waals surface area contributed by atoms with Gasteiger partial charge < -0.3 is 10.6 Å². The molecule has 2 bridgehead atoms. The summed E-state index contributed by atoms with van der Waals surface area (Å²) in [6, 6.07) is 0.507. The van der Waals surface area contributed by atoms with E-state index in [0.717, 1.165) is 24.3 Å². The van der Waals surface area contributed by atoms with E-state index in [4.69, 9.17) is 5.73 Å². The first kappa shape index (κ1) is 9.47. The summed E-state index contributed by atoms with van der Waals surface area (Å²) in [7, 11) is 2.21. The van der Waals surface area contributed by atoms with E-state index in [1.807, 2.05) is 0 Å². The quantitative estimate of drug-likeness (QED) is 0.713. The van der Waals surface area contributed by atoms with Gasteiger partial charge in [-0.3, -0.25) is 0 Å². The number of hydrogen-bond acceptors (Lipinski definition) is 2. The van der Waals surface area contributed by atoms with Crippen LogP contribution < -0.4 is 5.73 Å². The molecule has 2 aliphatic rings. The standard InChI is InChI=1S/C11H22N2/c1-3-13(2)7-10-8-4-5-9(6-8)11(10)12/h8-11H,3-7,12H2,1-2H3. The van der Waals surface area contributed by atoms with Crippen molar-refractivity contribution < 1.29 is 0 Å². The third kappa shape index (κ3) is 1.62. The third-order valence-electron chi connectivity index (χ3n) is 4.22. The zero-order valence-electron chi connectivity index (χ0n) is 8.87. The maximum atomic E-state index is 6.24. The Morgan fingerprint density at radius 2 is 2.00 bits per heavy atom. The van der Waals surface area contributed by atoms with Gasteiger partial charge in [0.15, 0.2) is 0 Å². The predicted molar refractivity (Wildman–Crippen MR) is 55.5 cm³/mol. The number of nitrogens with zero attached hydrogens (tertiary/aromatic N) is 1. The molecule has 4 unspecified atom stereocenters. The van der Waals surface area contributed by atoms with Gasteiger partial charge in [0.05, 0.1) is 0 Å². The second-order valence-electron chi connectivity index (χ2n) is 4.93. The number of nitrogens with two attached hydrogens (primary N) is 1.